The highest BCUT2D eigenvalue weighted by Gasteiger charge is 2.27. The number of nitrogens with zero attached hydrogens (tertiary/aromatic N) is 3. The van der Waals surface area contributed by atoms with Crippen LogP contribution < -0.4 is 0 Å². The summed E-state index contributed by atoms with van der Waals surface area (Å²) in [5.41, 5.74) is 10.6. The number of pyridine rings is 1. The summed E-state index contributed by atoms with van der Waals surface area (Å²) in [5.74, 6) is -0.282. The molecule has 0 saturated heterocycles. The van der Waals surface area contributed by atoms with Crippen molar-refractivity contribution in [3.8, 4) is 78.6 Å². The first-order valence-electron chi connectivity index (χ1n) is 26.8. The Kier molecular flexibility index (Phi) is 9.01. The smallest absolute Gasteiger partial charge is 0.149 e. The van der Waals surface area contributed by atoms with Gasteiger partial charge in [0.2, 0.25) is 0 Å². The van der Waals surface area contributed by atoms with E-state index in [0.717, 1.165) is 55.7 Å². The summed E-state index contributed by atoms with van der Waals surface area (Å²) < 4.78 is 81.6. The highest BCUT2D eigenvalue weighted by Crippen LogP contribution is 2.46. The maximum absolute atomic E-state index is 12.5. The molecule has 0 atom stereocenters. The molecule has 0 aliphatic heterocycles. The van der Waals surface area contributed by atoms with E-state index in [-0.39, 0.29) is 40.4 Å². The molecule has 1 N–H and O–H groups in total. The lowest BCUT2D eigenvalue weighted by atomic mass is 9.83. The molecular formula is C61H59N3O. The maximum atomic E-state index is 12.5. The fraction of sp³-hybridized carbons (Fsp3) is 0.213. The molecule has 324 valence electrons. The van der Waals surface area contributed by atoms with E-state index in [2.05, 4.69) is 107 Å². The van der Waals surface area contributed by atoms with Crippen molar-refractivity contribution in [2.24, 2.45) is 0 Å². The van der Waals surface area contributed by atoms with E-state index in [1.54, 1.807) is 0 Å². The zero-order chi connectivity index (χ0) is 53.5. The second-order valence-corrected chi connectivity index (χ2v) is 18.7. The molecule has 0 saturated carbocycles. The van der Waals surface area contributed by atoms with Crippen LogP contribution >= 0.6 is 0 Å². The van der Waals surface area contributed by atoms with Gasteiger partial charge in [-0.25, -0.2) is 4.98 Å². The van der Waals surface area contributed by atoms with Crippen molar-refractivity contribution in [1.29, 1.82) is 0 Å². The predicted molar refractivity (Wildman–Crippen MR) is 274 cm³/mol. The van der Waals surface area contributed by atoms with Gasteiger partial charge in [0.05, 0.1) is 38.9 Å². The minimum Gasteiger partial charge on any atom is -0.507 e. The fourth-order valence-electron chi connectivity index (χ4n) is 8.58. The van der Waals surface area contributed by atoms with Gasteiger partial charge >= 0.3 is 0 Å². The molecule has 9 aromatic rings. The Morgan fingerprint density at radius 3 is 1.91 bits per heavy atom. The van der Waals surface area contributed by atoms with Crippen molar-refractivity contribution < 1.29 is 17.4 Å². The zero-order valence-corrected chi connectivity index (χ0v) is 38.5. The van der Waals surface area contributed by atoms with Crippen molar-refractivity contribution >= 4 is 11.0 Å². The molecule has 2 aromatic heterocycles. The third-order valence-electron chi connectivity index (χ3n) is 12.2. The van der Waals surface area contributed by atoms with Gasteiger partial charge in [0, 0.05) is 24.2 Å². The van der Waals surface area contributed by atoms with Crippen LogP contribution in [0.15, 0.2) is 170 Å². The van der Waals surface area contributed by atoms with Gasteiger partial charge in [0.25, 0.3) is 0 Å². The molecule has 0 fully saturated rings. The molecule has 0 bridgehead atoms. The monoisotopic (exact) mass is 859 g/mol. The van der Waals surface area contributed by atoms with Crippen LogP contribution in [0, 0.1) is 0 Å². The van der Waals surface area contributed by atoms with Gasteiger partial charge in [0.15, 0.2) is 0 Å². The van der Waals surface area contributed by atoms with E-state index >= 15 is 0 Å². The van der Waals surface area contributed by atoms with E-state index < -0.39 is 53.7 Å². The molecule has 0 spiro atoms. The summed E-state index contributed by atoms with van der Waals surface area (Å²) in [6, 6.07) is 36.5. The molecule has 0 aliphatic rings. The SMILES string of the molecule is [2H]c1nc(-c2cc(-c3cccc4c3nc(-c3cc(C(C)C)cc(C(C)C)c3O)n4-c3cc(-c4ccccc4)c(C([2H])(C)C)cc3-c3ccccc3)cc(C(C)(C)C)c2)c([2H])c(-c2c([2H])c([2H])c([2H])c([2H])c2[2H])c1[2H]. The summed E-state index contributed by atoms with van der Waals surface area (Å²) in [4.78, 5) is 10.1. The van der Waals surface area contributed by atoms with E-state index in [9.17, 15) is 7.85 Å². The number of fused-ring (bicyclic) bond motifs is 1. The average Bonchev–Trinajstić information content (AvgIpc) is 3.76. The molecule has 4 heteroatoms. The number of phenols is 1. The van der Waals surface area contributed by atoms with Crippen molar-refractivity contribution in [2.75, 3.05) is 0 Å². The molecular weight excluding hydrogens is 791 g/mol. The molecule has 0 radical (unpaired) electrons. The predicted octanol–water partition coefficient (Wildman–Crippen LogP) is 16.8. The zero-order valence-electron chi connectivity index (χ0n) is 47.5. The molecule has 9 rings (SSSR count). The minimum atomic E-state index is -1.00. The van der Waals surface area contributed by atoms with Gasteiger partial charge in [-0.1, -0.05) is 177 Å². The van der Waals surface area contributed by atoms with Crippen LogP contribution in [-0.4, -0.2) is 19.6 Å². The lowest BCUT2D eigenvalue weighted by Crippen LogP contribution is -2.11. The summed E-state index contributed by atoms with van der Waals surface area (Å²) in [5, 5.41) is 12.5. The van der Waals surface area contributed by atoms with Gasteiger partial charge in [-0.05, 0) is 127 Å². The summed E-state index contributed by atoms with van der Waals surface area (Å²) in [6.45, 7) is 18.4. The first kappa shape index (κ1) is 33.5. The van der Waals surface area contributed by atoms with Crippen LogP contribution in [-0.2, 0) is 5.41 Å². The first-order valence-corrected chi connectivity index (χ1v) is 22.3. The molecule has 4 nitrogen and oxygen atoms in total. The highest BCUT2D eigenvalue weighted by atomic mass is 16.3. The van der Waals surface area contributed by atoms with Gasteiger partial charge in [-0.2, -0.15) is 0 Å². The largest absolute Gasteiger partial charge is 0.507 e. The fourth-order valence-corrected chi connectivity index (χ4v) is 8.58. The molecule has 65 heavy (non-hydrogen) atoms. The van der Waals surface area contributed by atoms with Crippen molar-refractivity contribution in [3.63, 3.8) is 0 Å². The van der Waals surface area contributed by atoms with Crippen molar-refractivity contribution in [2.45, 2.75) is 85.5 Å². The van der Waals surface area contributed by atoms with Crippen molar-refractivity contribution in [1.82, 2.24) is 14.5 Å². The Morgan fingerprint density at radius 2 is 1.26 bits per heavy atom. The number of aromatic hydroxyl groups is 1. The van der Waals surface area contributed by atoms with Gasteiger partial charge in [0.1, 0.15) is 11.6 Å². The van der Waals surface area contributed by atoms with E-state index in [4.69, 9.17) is 14.6 Å². The first-order chi connectivity index (χ1) is 34.9. The van der Waals surface area contributed by atoms with Crippen molar-refractivity contribution in [3.05, 3.63) is 192 Å². The third kappa shape index (κ3) is 8.42. The standard InChI is InChI=1S/C61H59N3O/c1-38(2)45-33-51(40(5)6)59(65)54(34-45)60-63-58-49(46-30-47(32-48(31-46)61(7,8)9)55-35-44(28-29-62-55)41-20-13-10-14-21-41)26-19-27-56(58)64(60)57-37-52(42-22-15-11-16-23-42)50(39(3)4)36-53(57)43-24-17-12-18-25-43/h10-40,65H,1-9H3/i10D,13D,14D,20D,21D,28D,29D,35D,39D. The molecule has 0 unspecified atom stereocenters. The van der Waals surface area contributed by atoms with Crippen LogP contribution in [0.3, 0.4) is 0 Å². The molecule has 0 aliphatic carbocycles. The average molecular weight is 859 g/mol. The van der Waals surface area contributed by atoms with Crippen LogP contribution in [0.1, 0.15) is 115 Å². The Balaban J connectivity index is 1.41. The van der Waals surface area contributed by atoms with E-state index in [1.165, 1.54) is 0 Å². The lowest BCUT2D eigenvalue weighted by Gasteiger charge is -2.23. The summed E-state index contributed by atoms with van der Waals surface area (Å²) >= 11 is 0. The lowest BCUT2D eigenvalue weighted by molar-refractivity contribution is 0.466. The summed E-state index contributed by atoms with van der Waals surface area (Å²) in [7, 11) is 0. The van der Waals surface area contributed by atoms with E-state index in [1.807, 2.05) is 86.6 Å². The molecule has 2 heterocycles. The molecule has 7 aromatic carbocycles. The van der Waals surface area contributed by atoms with Crippen LogP contribution in [0.4, 0.5) is 0 Å². The van der Waals surface area contributed by atoms with Gasteiger partial charge < -0.3 is 5.11 Å². The quantitative estimate of drug-likeness (QED) is 0.149. The number of hydrogen-bond donors (Lipinski definition) is 1. The number of para-hydroxylation sites is 1. The Hall–Kier alpha value is -7.04. The number of phenolic OH excluding ortho intramolecular Hbond substituents is 1. The molecule has 0 amide bonds. The summed E-state index contributed by atoms with van der Waals surface area (Å²) in [6.07, 6.45) is -0.515. The minimum absolute atomic E-state index is 0.00791. The third-order valence-corrected chi connectivity index (χ3v) is 12.2. The van der Waals surface area contributed by atoms with Crippen LogP contribution in [0.5, 0.6) is 5.75 Å². The topological polar surface area (TPSA) is 50.9 Å². The van der Waals surface area contributed by atoms with Gasteiger partial charge in [-0.3, -0.25) is 9.55 Å². The van der Waals surface area contributed by atoms with E-state index in [0.29, 0.717) is 33.6 Å². The Morgan fingerprint density at radius 1 is 0.585 bits per heavy atom. The highest BCUT2D eigenvalue weighted by molar-refractivity contribution is 5.98. The number of rotatable bonds is 10. The Bertz CT molecular complexity index is 3660. The second kappa shape index (κ2) is 17.5. The number of hydrogen-bond acceptors (Lipinski definition) is 3. The normalized spacial score (nSPS) is 14.0. The number of benzene rings is 7. The van der Waals surface area contributed by atoms with Gasteiger partial charge in [-0.15, -0.1) is 0 Å². The van der Waals surface area contributed by atoms with Crippen LogP contribution in [0.25, 0.3) is 83.9 Å². The second-order valence-electron chi connectivity index (χ2n) is 18.7. The number of aromatic nitrogens is 3. The maximum Gasteiger partial charge on any atom is 0.149 e. The Labute approximate surface area is 398 Å². The van der Waals surface area contributed by atoms with Crippen LogP contribution in [0.2, 0.25) is 0 Å². The number of imidazole rings is 1.